The van der Waals surface area contributed by atoms with Gasteiger partial charge >= 0.3 is 0 Å². The molecule has 2 aromatic heterocycles. The maximum absolute atomic E-state index is 6.50. The highest BCUT2D eigenvalue weighted by atomic mass is 16.3. The van der Waals surface area contributed by atoms with Crippen LogP contribution in [0.15, 0.2) is 168 Å². The Morgan fingerprint density at radius 3 is 1.63 bits per heavy atom. The third kappa shape index (κ3) is 3.26. The number of furan rings is 1. The highest BCUT2D eigenvalue weighted by molar-refractivity contribution is 6.29. The van der Waals surface area contributed by atoms with Crippen LogP contribution < -0.4 is 0 Å². The van der Waals surface area contributed by atoms with E-state index in [1.807, 2.05) is 0 Å². The maximum Gasteiger partial charge on any atom is 0.135 e. The molecule has 52 heavy (non-hydrogen) atoms. The van der Waals surface area contributed by atoms with E-state index < -0.39 is 0 Å². The number of rotatable bonds is 2. The van der Waals surface area contributed by atoms with Gasteiger partial charge in [-0.1, -0.05) is 121 Å². The minimum Gasteiger partial charge on any atom is -0.456 e. The minimum absolute atomic E-state index is 0.898. The average molecular weight is 658 g/mol. The van der Waals surface area contributed by atoms with E-state index >= 15 is 0 Å². The smallest absolute Gasteiger partial charge is 0.135 e. The Balaban J connectivity index is 1.05. The third-order valence-electron chi connectivity index (χ3n) is 11.9. The summed E-state index contributed by atoms with van der Waals surface area (Å²) < 4.78 is 8.96. The zero-order valence-electron chi connectivity index (χ0n) is 27.9. The van der Waals surface area contributed by atoms with Gasteiger partial charge in [0.05, 0.1) is 11.0 Å². The van der Waals surface area contributed by atoms with Crippen molar-refractivity contribution < 1.29 is 4.42 Å². The SMILES string of the molecule is c1ccc2c(c1)-c1cccc3c(-c4ccc5oc6ccc(-n7c8ccccc8c8c9cccc%10c9c(cc87)-c7ccccc7-%10)cc6c5c4)ccc-2c13. The molecule has 2 aliphatic carbocycles. The molecule has 13 rings (SSSR count). The molecular formula is C50H27NO. The fraction of sp³-hybridized carbons (Fsp3) is 0. The van der Waals surface area contributed by atoms with E-state index in [1.165, 1.54) is 99.0 Å². The molecule has 0 fully saturated rings. The Kier molecular flexibility index (Phi) is 4.89. The Bertz CT molecular complexity index is 3380. The van der Waals surface area contributed by atoms with E-state index in [4.69, 9.17) is 4.42 Å². The van der Waals surface area contributed by atoms with Crippen LogP contribution in [0, 0.1) is 0 Å². The number of para-hydroxylation sites is 1. The van der Waals surface area contributed by atoms with Gasteiger partial charge in [-0.3, -0.25) is 0 Å². The fourth-order valence-electron chi connectivity index (χ4n) is 9.74. The first-order valence-electron chi connectivity index (χ1n) is 18.0. The molecular weight excluding hydrogens is 631 g/mol. The lowest BCUT2D eigenvalue weighted by Crippen LogP contribution is -1.94. The van der Waals surface area contributed by atoms with Crippen LogP contribution in [0.3, 0.4) is 0 Å². The van der Waals surface area contributed by atoms with E-state index in [0.29, 0.717) is 0 Å². The van der Waals surface area contributed by atoms with Gasteiger partial charge in [0.15, 0.2) is 0 Å². The van der Waals surface area contributed by atoms with E-state index in [-0.39, 0.29) is 0 Å². The first-order valence-corrected chi connectivity index (χ1v) is 18.0. The molecule has 0 saturated carbocycles. The molecule has 0 bridgehead atoms. The Morgan fingerprint density at radius 1 is 0.308 bits per heavy atom. The second-order valence-electron chi connectivity index (χ2n) is 14.4. The van der Waals surface area contributed by atoms with Crippen molar-refractivity contribution in [2.24, 2.45) is 0 Å². The summed E-state index contributed by atoms with van der Waals surface area (Å²) >= 11 is 0. The van der Waals surface area contributed by atoms with Gasteiger partial charge in [-0.25, -0.2) is 0 Å². The summed E-state index contributed by atoms with van der Waals surface area (Å²) in [6.45, 7) is 0. The van der Waals surface area contributed by atoms with Gasteiger partial charge in [-0.15, -0.1) is 0 Å². The lowest BCUT2D eigenvalue weighted by molar-refractivity contribution is 0.669. The molecule has 0 amide bonds. The van der Waals surface area contributed by atoms with Crippen LogP contribution >= 0.6 is 0 Å². The van der Waals surface area contributed by atoms with Gasteiger partial charge in [-0.2, -0.15) is 0 Å². The van der Waals surface area contributed by atoms with Crippen LogP contribution in [-0.2, 0) is 0 Å². The van der Waals surface area contributed by atoms with Crippen molar-refractivity contribution in [2.75, 3.05) is 0 Å². The van der Waals surface area contributed by atoms with Crippen molar-refractivity contribution in [3.8, 4) is 61.3 Å². The number of fused-ring (bicyclic) bond motifs is 13. The van der Waals surface area contributed by atoms with Crippen LogP contribution in [0.1, 0.15) is 0 Å². The number of nitrogens with zero attached hydrogens (tertiary/aromatic N) is 1. The molecule has 0 aliphatic heterocycles. The van der Waals surface area contributed by atoms with Crippen molar-refractivity contribution in [3.05, 3.63) is 164 Å². The Labute approximate surface area is 298 Å². The summed E-state index contributed by atoms with van der Waals surface area (Å²) in [4.78, 5) is 0. The molecule has 0 radical (unpaired) electrons. The number of benzene rings is 9. The highest BCUT2D eigenvalue weighted by Crippen LogP contribution is 2.52. The lowest BCUT2D eigenvalue weighted by Gasteiger charge is -2.11. The molecule has 0 N–H and O–H groups in total. The standard InChI is InChI=1S/C50H27NO/c1-2-10-32-31(9-1)36-15-7-14-35-30(21-22-38(32)48(35)36)28-19-23-46-41(25-28)42-26-29(20-24-47(42)52-46)51-44-18-6-5-13-39(44)50-40-17-8-16-37-33-11-3-4-12-34(33)43(49(37)40)27-45(50)51/h1-27H. The van der Waals surface area contributed by atoms with E-state index in [9.17, 15) is 0 Å². The maximum atomic E-state index is 6.50. The molecule has 0 saturated heterocycles. The summed E-state index contributed by atoms with van der Waals surface area (Å²) in [5.74, 6) is 0. The summed E-state index contributed by atoms with van der Waals surface area (Å²) in [5.41, 5.74) is 18.3. The third-order valence-corrected chi connectivity index (χ3v) is 11.9. The Morgan fingerprint density at radius 2 is 0.865 bits per heavy atom. The molecule has 9 aromatic carbocycles. The molecule has 2 nitrogen and oxygen atoms in total. The van der Waals surface area contributed by atoms with Gasteiger partial charge in [-0.05, 0) is 120 Å². The van der Waals surface area contributed by atoms with Gasteiger partial charge in [0, 0.05) is 27.2 Å². The number of aromatic nitrogens is 1. The van der Waals surface area contributed by atoms with Gasteiger partial charge in [0.25, 0.3) is 0 Å². The molecule has 0 unspecified atom stereocenters. The summed E-state index contributed by atoms with van der Waals surface area (Å²) in [6, 6.07) is 60.4. The van der Waals surface area contributed by atoms with Crippen molar-refractivity contribution in [1.82, 2.24) is 4.57 Å². The normalized spacial score (nSPS) is 12.6. The van der Waals surface area contributed by atoms with Crippen LogP contribution in [0.4, 0.5) is 0 Å². The molecule has 2 aliphatic rings. The van der Waals surface area contributed by atoms with Crippen LogP contribution in [0.25, 0.3) is 127 Å². The summed E-state index contributed by atoms with van der Waals surface area (Å²) in [6.07, 6.45) is 0. The first kappa shape index (κ1) is 26.9. The zero-order chi connectivity index (χ0) is 33.7. The quantitative estimate of drug-likeness (QED) is 0.181. The molecule has 11 aromatic rings. The minimum atomic E-state index is 0.898. The number of hydrogen-bond donors (Lipinski definition) is 0. The average Bonchev–Trinajstić information content (AvgIpc) is 3.93. The van der Waals surface area contributed by atoms with Crippen molar-refractivity contribution in [2.45, 2.75) is 0 Å². The van der Waals surface area contributed by atoms with Crippen molar-refractivity contribution in [1.29, 1.82) is 0 Å². The van der Waals surface area contributed by atoms with Crippen molar-refractivity contribution in [3.63, 3.8) is 0 Å². The lowest BCUT2D eigenvalue weighted by atomic mass is 9.93. The molecule has 2 heteroatoms. The molecule has 238 valence electrons. The second kappa shape index (κ2) is 9.45. The van der Waals surface area contributed by atoms with E-state index in [0.717, 1.165) is 27.6 Å². The fourth-order valence-corrected chi connectivity index (χ4v) is 9.74. The predicted octanol–water partition coefficient (Wildman–Crippen LogP) is 14.0. The summed E-state index contributed by atoms with van der Waals surface area (Å²) in [5, 5.41) is 10.1. The molecule has 2 heterocycles. The zero-order valence-corrected chi connectivity index (χ0v) is 27.9. The van der Waals surface area contributed by atoms with E-state index in [1.54, 1.807) is 0 Å². The highest BCUT2D eigenvalue weighted by Gasteiger charge is 2.26. The predicted molar refractivity (Wildman–Crippen MR) is 217 cm³/mol. The monoisotopic (exact) mass is 657 g/mol. The molecule has 0 spiro atoms. The van der Waals surface area contributed by atoms with E-state index in [2.05, 4.69) is 168 Å². The summed E-state index contributed by atoms with van der Waals surface area (Å²) in [7, 11) is 0. The topological polar surface area (TPSA) is 18.1 Å². The first-order chi connectivity index (χ1) is 25.8. The van der Waals surface area contributed by atoms with Crippen LogP contribution in [-0.4, -0.2) is 4.57 Å². The Hall–Kier alpha value is -6.90. The van der Waals surface area contributed by atoms with Gasteiger partial charge in [0.2, 0.25) is 0 Å². The van der Waals surface area contributed by atoms with Gasteiger partial charge < -0.3 is 8.98 Å². The largest absolute Gasteiger partial charge is 0.456 e. The van der Waals surface area contributed by atoms with Crippen molar-refractivity contribution >= 4 is 65.3 Å². The van der Waals surface area contributed by atoms with Crippen LogP contribution in [0.5, 0.6) is 0 Å². The van der Waals surface area contributed by atoms with Crippen LogP contribution in [0.2, 0.25) is 0 Å². The number of hydrogen-bond acceptors (Lipinski definition) is 1. The second-order valence-corrected chi connectivity index (χ2v) is 14.4. The van der Waals surface area contributed by atoms with Gasteiger partial charge in [0.1, 0.15) is 11.2 Å². The molecule has 0 atom stereocenters.